The summed E-state index contributed by atoms with van der Waals surface area (Å²) < 4.78 is 29.7. The van der Waals surface area contributed by atoms with Crippen LogP contribution in [0.15, 0.2) is 107 Å². The molecule has 0 bridgehead atoms. The van der Waals surface area contributed by atoms with Crippen molar-refractivity contribution in [3.05, 3.63) is 130 Å². The third-order valence-corrected chi connectivity index (χ3v) is 20.6. The number of urea groups is 4. The number of benzene rings is 4. The number of nitrogens with zero attached hydrogens (tertiary/aromatic N) is 7. The minimum atomic E-state index is -1.53. The van der Waals surface area contributed by atoms with Gasteiger partial charge < -0.3 is 43.1 Å². The van der Waals surface area contributed by atoms with Crippen molar-refractivity contribution < 1.29 is 76.2 Å². The van der Waals surface area contributed by atoms with Gasteiger partial charge in [-0.3, -0.25) is 70.5 Å². The van der Waals surface area contributed by atoms with Crippen LogP contribution in [0.2, 0.25) is 0 Å². The Bertz CT molecular complexity index is 4230. The second-order valence-electron chi connectivity index (χ2n) is 27.0. The molecule has 4 aromatic carbocycles. The van der Waals surface area contributed by atoms with Crippen LogP contribution in [0.4, 0.5) is 52.4 Å². The molecule has 512 valence electrons. The normalized spacial score (nSPS) is 28.5. The van der Waals surface area contributed by atoms with Gasteiger partial charge in [0.25, 0.3) is 0 Å². The zero-order valence-corrected chi connectivity index (χ0v) is 54.7. The Hall–Kier alpha value is -10.5. The number of aromatic nitrogens is 1. The van der Waals surface area contributed by atoms with Gasteiger partial charge in [-0.2, -0.15) is 4.74 Å². The van der Waals surface area contributed by atoms with E-state index >= 15 is 0 Å². The van der Waals surface area contributed by atoms with Gasteiger partial charge in [0, 0.05) is 73.8 Å². The van der Waals surface area contributed by atoms with E-state index in [0.717, 1.165) is 45.0 Å². The summed E-state index contributed by atoms with van der Waals surface area (Å²) >= 11 is 0. The molecule has 0 saturated carbocycles. The Morgan fingerprint density at radius 1 is 0.429 bits per heavy atom. The van der Waals surface area contributed by atoms with Crippen molar-refractivity contribution in [3.63, 3.8) is 0 Å². The number of carbonyl (C=O) groups excluding carboxylic acids is 11. The highest BCUT2D eigenvalue weighted by Gasteiger charge is 2.66. The van der Waals surface area contributed by atoms with Gasteiger partial charge >= 0.3 is 35.8 Å². The minimum absolute atomic E-state index is 0.0792. The summed E-state index contributed by atoms with van der Waals surface area (Å²) in [4.78, 5) is 163. The summed E-state index contributed by atoms with van der Waals surface area (Å²) in [6.45, 7) is 16.7. The number of carbonyl (C=O) groups is 11. The lowest BCUT2D eigenvalue weighted by Crippen LogP contribution is -2.75. The Balaban J connectivity index is 0.000000127. The Morgan fingerprint density at radius 3 is 1.19 bits per heavy atom. The van der Waals surface area contributed by atoms with Crippen LogP contribution in [0.3, 0.4) is 0 Å². The first kappa shape index (κ1) is 64.9. The Kier molecular flexibility index (Phi) is 16.1. The van der Waals surface area contributed by atoms with E-state index in [1.165, 1.54) is 17.0 Å². The highest BCUT2D eigenvalue weighted by atomic mass is 16.6. The molecule has 6 N–H and O–H groups in total. The van der Waals surface area contributed by atoms with Crippen molar-refractivity contribution in [2.45, 2.75) is 135 Å². The predicted molar refractivity (Wildman–Crippen MR) is 347 cm³/mol. The molecule has 3 spiro atoms. The highest BCUT2D eigenvalue weighted by molar-refractivity contribution is 6.22. The van der Waals surface area contributed by atoms with E-state index < -0.39 is 118 Å². The molecule has 1 aromatic heterocycles. The van der Waals surface area contributed by atoms with Crippen LogP contribution >= 0.6 is 0 Å². The summed E-state index contributed by atoms with van der Waals surface area (Å²) in [5.41, 5.74) is 2.88. The van der Waals surface area contributed by atoms with Crippen molar-refractivity contribution >= 4 is 94.1 Å². The molecule has 0 aliphatic carbocycles. The van der Waals surface area contributed by atoms with Gasteiger partial charge in [-0.1, -0.05) is 30.3 Å². The van der Waals surface area contributed by atoms with E-state index in [1.807, 2.05) is 142 Å². The first-order valence-electron chi connectivity index (χ1n) is 32.7. The van der Waals surface area contributed by atoms with Crippen molar-refractivity contribution in [1.29, 1.82) is 0 Å². The quantitative estimate of drug-likeness (QED) is 0.138. The molecule has 16 rings (SSSR count). The molecule has 11 aliphatic heterocycles. The molecule has 10 atom stereocenters. The van der Waals surface area contributed by atoms with Crippen LogP contribution in [-0.4, -0.2) is 175 Å². The average Bonchev–Trinajstić information content (AvgIpc) is 0.803. The maximum Gasteiger partial charge on any atom is 0.414 e. The lowest BCUT2D eigenvalue weighted by molar-refractivity contribution is -0.154. The summed E-state index contributed by atoms with van der Waals surface area (Å²) in [6.07, 6.45) is -0.488. The maximum absolute atomic E-state index is 13.3. The molecule has 98 heavy (non-hydrogen) atoms. The molecule has 30 heteroatoms. The van der Waals surface area contributed by atoms with Gasteiger partial charge in [-0.25, -0.2) is 28.8 Å². The average molecular weight is 1340 g/mol. The molecule has 1 unspecified atom stereocenters. The number of hydrogen-bond donors (Lipinski definition) is 6. The molecular weight excluding hydrogens is 1270 g/mol. The molecule has 15 amide bonds. The standard InChI is InChI=1S/C27H29N5O5.C21H24N4O6.C20H20N4O6/c1-16-14-32-21-9-8-20(31-11-10-30(26(31)36)15-18-6-4-3-5-7-18)12-19(21)13-27(22(32)17(2)37-16)23(33)28-25(35)29-24(27)34;1-10-9-25-15-5-4-14(24-8-11(2)31-20(24)29)6-13(15)7-21(16(25)12(3)30-10)17(26)22-19(28)23-18(21)27;1-10-9-23-14-4-3-13(24-6-5-15(25)30-24)7-12(14)8-20(16(23)11(2)29-10)17(26)21-19(28)22-18(20)27/h3-9,12,16-17,22H,10-11,13-15H2,1-2H3,(H2,28,29,33,34,35);4-6,10-12,16H,7-9H2,1-3H3,(H2,22,23,26,27,28);3-7,10-11,16H,8-9H2,1-2H3,(H2,21,22,26,27,28)/t16-,17+,22-;10-,11?,12+,16-;10-,11+,16-/m111/s1. The number of morpholine rings is 3. The van der Waals surface area contributed by atoms with E-state index in [9.17, 15) is 57.5 Å². The number of rotatable bonds is 5. The zero-order valence-electron chi connectivity index (χ0n) is 54.7. The van der Waals surface area contributed by atoms with Crippen LogP contribution in [-0.2, 0) is 73.5 Å². The van der Waals surface area contributed by atoms with Gasteiger partial charge in [0.05, 0.1) is 73.2 Å². The number of ether oxygens (including phenoxy) is 4. The van der Waals surface area contributed by atoms with Gasteiger partial charge in [-0.15, -0.1) is 0 Å². The molecule has 12 heterocycles. The molecule has 0 radical (unpaired) electrons. The van der Waals surface area contributed by atoms with Crippen LogP contribution in [0.1, 0.15) is 70.7 Å². The molecule has 30 nitrogen and oxygen atoms in total. The maximum atomic E-state index is 13.3. The van der Waals surface area contributed by atoms with Gasteiger partial charge in [0.15, 0.2) is 16.2 Å². The number of barbiturate groups is 3. The summed E-state index contributed by atoms with van der Waals surface area (Å²) in [6, 6.07) is 23.8. The van der Waals surface area contributed by atoms with Crippen molar-refractivity contribution in [1.82, 2.24) is 41.5 Å². The second kappa shape index (κ2) is 24.3. The fraction of sp³-hybridized carbons (Fsp3) is 0.441. The lowest BCUT2D eigenvalue weighted by atomic mass is 9.66. The van der Waals surface area contributed by atoms with Crippen LogP contribution < -0.4 is 62.0 Å². The number of nitrogens with one attached hydrogen (secondary N) is 6. The third-order valence-electron chi connectivity index (χ3n) is 20.6. The minimum Gasteiger partial charge on any atom is -0.444 e. The highest BCUT2D eigenvalue weighted by Crippen LogP contribution is 2.51. The predicted octanol–water partition coefficient (Wildman–Crippen LogP) is 3.26. The fourth-order valence-electron chi connectivity index (χ4n) is 16.8. The van der Waals surface area contributed by atoms with Crippen LogP contribution in [0.25, 0.3) is 5.69 Å². The summed E-state index contributed by atoms with van der Waals surface area (Å²) in [7, 11) is 0. The Morgan fingerprint density at radius 2 is 0.816 bits per heavy atom. The summed E-state index contributed by atoms with van der Waals surface area (Å²) in [5, 5.41) is 13.7. The van der Waals surface area contributed by atoms with Crippen molar-refractivity contribution in [2.75, 3.05) is 63.8 Å². The molecule has 8 saturated heterocycles. The molecule has 5 aromatic rings. The van der Waals surface area contributed by atoms with Crippen LogP contribution in [0.5, 0.6) is 0 Å². The lowest BCUT2D eigenvalue weighted by Gasteiger charge is -2.55. The fourth-order valence-corrected chi connectivity index (χ4v) is 16.8. The Labute approximate surface area is 560 Å². The zero-order chi connectivity index (χ0) is 69.2. The first-order chi connectivity index (χ1) is 46.8. The molecular formula is C68H73N13O17. The van der Waals surface area contributed by atoms with E-state index in [0.29, 0.717) is 57.2 Å². The van der Waals surface area contributed by atoms with E-state index in [4.69, 9.17) is 23.5 Å². The van der Waals surface area contributed by atoms with E-state index in [1.54, 1.807) is 15.9 Å². The third kappa shape index (κ3) is 10.7. The van der Waals surface area contributed by atoms with Gasteiger partial charge in [0.1, 0.15) is 6.10 Å². The topological polar surface area (TPSA) is 351 Å². The van der Waals surface area contributed by atoms with Gasteiger partial charge in [-0.05, 0) is 145 Å². The van der Waals surface area contributed by atoms with E-state index in [2.05, 4.69) is 36.8 Å². The number of fused-ring (bicyclic) bond motifs is 12. The molecule has 8 fully saturated rings. The van der Waals surface area contributed by atoms with Crippen molar-refractivity contribution in [3.8, 4) is 5.69 Å². The number of anilines is 5. The van der Waals surface area contributed by atoms with Gasteiger partial charge in [0.2, 0.25) is 35.4 Å². The van der Waals surface area contributed by atoms with Crippen molar-refractivity contribution in [2.24, 2.45) is 16.2 Å². The monoisotopic (exact) mass is 1340 g/mol. The smallest absolute Gasteiger partial charge is 0.414 e. The first-order valence-corrected chi connectivity index (χ1v) is 32.7. The number of imide groups is 6. The van der Waals surface area contributed by atoms with E-state index in [-0.39, 0.29) is 49.7 Å². The summed E-state index contributed by atoms with van der Waals surface area (Å²) in [5.74, 6) is -3.79. The van der Waals surface area contributed by atoms with Crippen LogP contribution in [0, 0.1) is 16.2 Å². The number of amides is 15. The molecule has 11 aliphatic rings. The number of cyclic esters (lactones) is 1. The SMILES string of the molecule is CC1CN(c2ccc3c(c2)CC2(C(=O)NC(=O)NC2=O)[C@H]2[C@H](C)O[C@H](C)CN32)C(=O)O1.C[C@@H]1CN2c3ccc(-n4ccc(=O)o4)cc3CC3(C(=O)NC(=O)NC3=O)[C@H]2[C@H](C)O1.C[C@@H]1CN2c3ccc(N4CCN(Cc5ccccc5)C4=O)cc3CC3(C(=O)NC(=O)NC3=O)[C@H]2[C@H](C)O1. The number of hydrogen-bond acceptors (Lipinski definition) is 20. The second-order valence-corrected chi connectivity index (χ2v) is 27.0. The largest absolute Gasteiger partial charge is 0.444 e.